The van der Waals surface area contributed by atoms with Gasteiger partial charge in [-0.1, -0.05) is 53.0 Å². The van der Waals surface area contributed by atoms with Crippen LogP contribution in [0.3, 0.4) is 0 Å². The molecule has 2 aromatic rings. The SMILES string of the molecule is O=C(Nc1ccccc1S(=O)(=O)c1cccc(Cl)c1)C(Cl)Cl. The van der Waals surface area contributed by atoms with Crippen LogP contribution in [0.5, 0.6) is 0 Å². The first-order valence-corrected chi connectivity index (χ1v) is 8.74. The summed E-state index contributed by atoms with van der Waals surface area (Å²) < 4.78 is 25.4. The van der Waals surface area contributed by atoms with Gasteiger partial charge < -0.3 is 5.32 Å². The normalized spacial score (nSPS) is 11.5. The molecule has 0 spiro atoms. The topological polar surface area (TPSA) is 63.2 Å². The summed E-state index contributed by atoms with van der Waals surface area (Å²) in [4.78, 5) is 10.2. The van der Waals surface area contributed by atoms with Crippen molar-refractivity contribution in [1.29, 1.82) is 0 Å². The van der Waals surface area contributed by atoms with Gasteiger partial charge in [-0.2, -0.15) is 0 Å². The van der Waals surface area contributed by atoms with E-state index < -0.39 is 20.6 Å². The predicted molar refractivity (Wildman–Crippen MR) is 87.5 cm³/mol. The average Bonchev–Trinajstić information content (AvgIpc) is 2.47. The number of para-hydroxylation sites is 1. The summed E-state index contributed by atoms with van der Waals surface area (Å²) in [6.07, 6.45) is 0. The molecule has 22 heavy (non-hydrogen) atoms. The maximum atomic E-state index is 12.7. The molecule has 8 heteroatoms. The highest BCUT2D eigenvalue weighted by molar-refractivity contribution is 7.91. The van der Waals surface area contributed by atoms with Gasteiger partial charge in [-0.3, -0.25) is 4.79 Å². The molecule has 0 heterocycles. The number of carbonyl (C=O) groups excluding carboxylic acids is 1. The number of benzene rings is 2. The zero-order chi connectivity index (χ0) is 16.3. The molecule has 4 nitrogen and oxygen atoms in total. The van der Waals surface area contributed by atoms with Crippen LogP contribution in [0.1, 0.15) is 0 Å². The van der Waals surface area contributed by atoms with Crippen LogP contribution in [0, 0.1) is 0 Å². The zero-order valence-electron chi connectivity index (χ0n) is 11.0. The molecule has 116 valence electrons. The average molecular weight is 379 g/mol. The number of halogens is 3. The maximum Gasteiger partial charge on any atom is 0.257 e. The van der Waals surface area contributed by atoms with E-state index in [1.54, 1.807) is 18.2 Å². The third-order valence-electron chi connectivity index (χ3n) is 2.74. The van der Waals surface area contributed by atoms with Crippen LogP contribution in [-0.2, 0) is 14.6 Å². The Kier molecular flexibility index (Phi) is 5.34. The van der Waals surface area contributed by atoms with Gasteiger partial charge >= 0.3 is 0 Å². The molecule has 0 bridgehead atoms. The van der Waals surface area contributed by atoms with E-state index in [9.17, 15) is 13.2 Å². The fourth-order valence-electron chi connectivity index (χ4n) is 1.75. The zero-order valence-corrected chi connectivity index (χ0v) is 14.0. The minimum absolute atomic E-state index is 0.0231. The minimum atomic E-state index is -3.85. The third-order valence-corrected chi connectivity index (χ3v) is 5.18. The molecule has 0 aromatic heterocycles. The number of alkyl halides is 2. The summed E-state index contributed by atoms with van der Waals surface area (Å²) in [5.74, 6) is -0.711. The van der Waals surface area contributed by atoms with Crippen molar-refractivity contribution < 1.29 is 13.2 Å². The first-order chi connectivity index (χ1) is 10.3. The molecule has 1 N–H and O–H groups in total. The van der Waals surface area contributed by atoms with Crippen LogP contribution in [0.4, 0.5) is 5.69 Å². The molecule has 0 aliphatic carbocycles. The highest BCUT2D eigenvalue weighted by Gasteiger charge is 2.23. The molecular weight excluding hydrogens is 369 g/mol. The van der Waals surface area contributed by atoms with Crippen molar-refractivity contribution in [3.05, 3.63) is 53.6 Å². The lowest BCUT2D eigenvalue weighted by atomic mass is 10.3. The molecule has 0 aliphatic rings. The van der Waals surface area contributed by atoms with E-state index in [-0.39, 0.29) is 15.5 Å². The summed E-state index contributed by atoms with van der Waals surface area (Å²) >= 11 is 16.8. The van der Waals surface area contributed by atoms with E-state index in [2.05, 4.69) is 5.32 Å². The second kappa shape index (κ2) is 6.87. The van der Waals surface area contributed by atoms with Crippen LogP contribution in [-0.4, -0.2) is 19.2 Å². The molecular formula is C14H10Cl3NO3S. The standard InChI is InChI=1S/C14H10Cl3NO3S/c15-9-4-3-5-10(8-9)22(20,21)12-7-2-1-6-11(12)18-14(19)13(16)17/h1-8,13H,(H,18,19). The van der Waals surface area contributed by atoms with Gasteiger partial charge in [0.25, 0.3) is 5.91 Å². The highest BCUT2D eigenvalue weighted by Crippen LogP contribution is 2.29. The molecule has 0 unspecified atom stereocenters. The monoisotopic (exact) mass is 377 g/mol. The molecule has 0 radical (unpaired) electrons. The Bertz CT molecular complexity index is 806. The molecule has 0 aliphatic heterocycles. The third kappa shape index (κ3) is 3.73. The first-order valence-electron chi connectivity index (χ1n) is 6.01. The number of nitrogens with one attached hydrogen (secondary N) is 1. The van der Waals surface area contributed by atoms with Gasteiger partial charge in [-0.15, -0.1) is 0 Å². The van der Waals surface area contributed by atoms with Gasteiger partial charge in [0.15, 0.2) is 4.84 Å². The number of amides is 1. The minimum Gasteiger partial charge on any atom is -0.323 e. The Morgan fingerprint density at radius 3 is 2.36 bits per heavy atom. The molecule has 0 saturated heterocycles. The van der Waals surface area contributed by atoms with Crippen molar-refractivity contribution in [2.24, 2.45) is 0 Å². The molecule has 1 amide bonds. The molecule has 2 aromatic carbocycles. The van der Waals surface area contributed by atoms with Crippen molar-refractivity contribution >= 4 is 56.2 Å². The van der Waals surface area contributed by atoms with Gasteiger partial charge in [0.1, 0.15) is 0 Å². The Morgan fingerprint density at radius 1 is 1.05 bits per heavy atom. The van der Waals surface area contributed by atoms with Crippen LogP contribution in [0.15, 0.2) is 58.3 Å². The summed E-state index contributed by atoms with van der Waals surface area (Å²) in [5, 5.41) is 2.68. The second-order valence-electron chi connectivity index (χ2n) is 4.25. The molecule has 2 rings (SSSR count). The van der Waals surface area contributed by atoms with Crippen LogP contribution in [0.2, 0.25) is 5.02 Å². The first kappa shape index (κ1) is 17.1. The van der Waals surface area contributed by atoms with E-state index in [0.717, 1.165) is 0 Å². The predicted octanol–water partition coefficient (Wildman–Crippen LogP) is 3.92. The smallest absolute Gasteiger partial charge is 0.257 e. The Balaban J connectivity index is 2.50. The number of rotatable bonds is 4. The van der Waals surface area contributed by atoms with Crippen molar-refractivity contribution in [3.63, 3.8) is 0 Å². The maximum absolute atomic E-state index is 12.7. The van der Waals surface area contributed by atoms with Gasteiger partial charge in [0, 0.05) is 5.02 Å². The van der Waals surface area contributed by atoms with Crippen molar-refractivity contribution in [3.8, 4) is 0 Å². The fraction of sp³-hybridized carbons (Fsp3) is 0.0714. The summed E-state index contributed by atoms with van der Waals surface area (Å²) in [6, 6.07) is 11.8. The lowest BCUT2D eigenvalue weighted by molar-refractivity contribution is -0.114. The largest absolute Gasteiger partial charge is 0.323 e. The van der Waals surface area contributed by atoms with Gasteiger partial charge in [-0.25, -0.2) is 8.42 Å². The van der Waals surface area contributed by atoms with E-state index in [0.29, 0.717) is 5.02 Å². The van der Waals surface area contributed by atoms with Crippen molar-refractivity contribution in [2.75, 3.05) is 5.32 Å². The number of anilines is 1. The Hall–Kier alpha value is -1.27. The summed E-state index contributed by atoms with van der Waals surface area (Å²) in [5.41, 5.74) is 0.0961. The summed E-state index contributed by atoms with van der Waals surface area (Å²) in [6.45, 7) is 0. The van der Waals surface area contributed by atoms with Gasteiger partial charge in [-0.05, 0) is 30.3 Å². The van der Waals surface area contributed by atoms with Crippen LogP contribution < -0.4 is 5.32 Å². The van der Waals surface area contributed by atoms with E-state index in [1.165, 1.54) is 30.3 Å². The Labute approximate surface area is 142 Å². The van der Waals surface area contributed by atoms with Gasteiger partial charge in [0.05, 0.1) is 15.5 Å². The van der Waals surface area contributed by atoms with E-state index >= 15 is 0 Å². The number of sulfone groups is 1. The lowest BCUT2D eigenvalue weighted by Gasteiger charge is -2.12. The molecule has 0 saturated carbocycles. The van der Waals surface area contributed by atoms with Crippen LogP contribution in [0.25, 0.3) is 0 Å². The molecule has 0 fully saturated rings. The van der Waals surface area contributed by atoms with Crippen molar-refractivity contribution in [1.82, 2.24) is 0 Å². The quantitative estimate of drug-likeness (QED) is 0.820. The highest BCUT2D eigenvalue weighted by atomic mass is 35.5. The fourth-order valence-corrected chi connectivity index (χ4v) is 3.58. The van der Waals surface area contributed by atoms with Gasteiger partial charge in [0.2, 0.25) is 9.84 Å². The Morgan fingerprint density at radius 2 is 1.73 bits per heavy atom. The van der Waals surface area contributed by atoms with Crippen LogP contribution >= 0.6 is 34.8 Å². The molecule has 0 atom stereocenters. The number of hydrogen-bond acceptors (Lipinski definition) is 3. The van der Waals surface area contributed by atoms with E-state index in [1.807, 2.05) is 0 Å². The van der Waals surface area contributed by atoms with E-state index in [4.69, 9.17) is 34.8 Å². The summed E-state index contributed by atoms with van der Waals surface area (Å²) in [7, 11) is -3.85. The number of carbonyl (C=O) groups is 1. The number of hydrogen-bond donors (Lipinski definition) is 1. The van der Waals surface area contributed by atoms with Crippen molar-refractivity contribution in [2.45, 2.75) is 14.6 Å². The lowest BCUT2D eigenvalue weighted by Crippen LogP contribution is -2.20. The second-order valence-corrected chi connectivity index (χ2v) is 7.70.